The number of ether oxygens (including phenoxy) is 2. The highest BCUT2D eigenvalue weighted by molar-refractivity contribution is 5.94. The Balaban J connectivity index is 2.55. The van der Waals surface area contributed by atoms with Gasteiger partial charge in [-0.3, -0.25) is 4.79 Å². The molecule has 5 nitrogen and oxygen atoms in total. The fraction of sp³-hybridized carbons (Fsp3) is 0.417. The molecule has 8 heteroatoms. The average Bonchev–Trinajstić information content (AvgIpc) is 2.37. The van der Waals surface area contributed by atoms with Gasteiger partial charge in [-0.1, -0.05) is 0 Å². The van der Waals surface area contributed by atoms with Crippen molar-refractivity contribution in [1.29, 1.82) is 0 Å². The number of hydrogen-bond donors (Lipinski definition) is 2. The zero-order valence-electron chi connectivity index (χ0n) is 11.0. The Morgan fingerprint density at radius 1 is 1.45 bits per heavy atom. The van der Waals surface area contributed by atoms with E-state index in [1.807, 2.05) is 0 Å². The van der Waals surface area contributed by atoms with Crippen molar-refractivity contribution in [3.05, 3.63) is 18.2 Å². The predicted molar refractivity (Wildman–Crippen MR) is 67.5 cm³/mol. The average molecular weight is 292 g/mol. The molecule has 0 saturated carbocycles. The first kappa shape index (κ1) is 16.1. The molecule has 0 saturated heterocycles. The summed E-state index contributed by atoms with van der Waals surface area (Å²) in [6.45, 7) is 0.112. The predicted octanol–water partition coefficient (Wildman–Crippen LogP) is 2.18. The Hall–Kier alpha value is -1.96. The van der Waals surface area contributed by atoms with Crippen LogP contribution in [0.3, 0.4) is 0 Å². The molecular formula is C12H15F3N2O3. The van der Waals surface area contributed by atoms with Crippen LogP contribution in [0.4, 0.5) is 24.5 Å². The van der Waals surface area contributed by atoms with Crippen LogP contribution in [-0.2, 0) is 9.53 Å². The van der Waals surface area contributed by atoms with E-state index in [1.54, 1.807) is 6.07 Å². The number of rotatable bonds is 5. The molecule has 1 unspecified atom stereocenters. The van der Waals surface area contributed by atoms with E-state index in [1.165, 1.54) is 19.2 Å². The van der Waals surface area contributed by atoms with Gasteiger partial charge >= 0.3 is 6.18 Å². The van der Waals surface area contributed by atoms with Gasteiger partial charge in [0, 0.05) is 6.07 Å². The first-order valence-electron chi connectivity index (χ1n) is 5.65. The molecule has 0 aliphatic rings. The second kappa shape index (κ2) is 6.47. The highest BCUT2D eigenvalue weighted by atomic mass is 19.4. The molecule has 1 aromatic carbocycles. The molecule has 20 heavy (non-hydrogen) atoms. The molecule has 0 aromatic heterocycles. The zero-order chi connectivity index (χ0) is 15.3. The molecule has 0 spiro atoms. The van der Waals surface area contributed by atoms with E-state index >= 15 is 0 Å². The van der Waals surface area contributed by atoms with Crippen molar-refractivity contribution in [2.24, 2.45) is 0 Å². The van der Waals surface area contributed by atoms with E-state index in [-0.39, 0.29) is 11.4 Å². The fourth-order valence-corrected chi connectivity index (χ4v) is 1.26. The molecule has 0 heterocycles. The van der Waals surface area contributed by atoms with Crippen LogP contribution in [0.1, 0.15) is 6.92 Å². The highest BCUT2D eigenvalue weighted by Gasteiger charge is 2.37. The van der Waals surface area contributed by atoms with Gasteiger partial charge in [0.15, 0.2) is 6.10 Å². The molecule has 0 bridgehead atoms. The first-order chi connectivity index (χ1) is 9.24. The summed E-state index contributed by atoms with van der Waals surface area (Å²) in [5.74, 6) is -0.222. The van der Waals surface area contributed by atoms with Crippen molar-refractivity contribution in [3.8, 4) is 5.75 Å². The lowest BCUT2D eigenvalue weighted by Gasteiger charge is -2.16. The second-order valence-electron chi connectivity index (χ2n) is 4.00. The second-order valence-corrected chi connectivity index (χ2v) is 4.00. The molecule has 1 rings (SSSR count). The molecule has 1 aromatic rings. The summed E-state index contributed by atoms with van der Waals surface area (Å²) in [5.41, 5.74) is 6.17. The number of nitrogen functional groups attached to an aromatic ring is 1. The maximum absolute atomic E-state index is 12.2. The molecular weight excluding hydrogens is 277 g/mol. The lowest BCUT2D eigenvalue weighted by Crippen LogP contribution is -2.32. The quantitative estimate of drug-likeness (QED) is 0.816. The summed E-state index contributed by atoms with van der Waals surface area (Å²) in [5, 5.41) is 2.36. The number of anilines is 2. The monoisotopic (exact) mass is 292 g/mol. The minimum Gasteiger partial charge on any atom is -0.497 e. The number of amides is 1. The Morgan fingerprint density at radius 2 is 2.10 bits per heavy atom. The van der Waals surface area contributed by atoms with Crippen molar-refractivity contribution >= 4 is 17.3 Å². The highest BCUT2D eigenvalue weighted by Crippen LogP contribution is 2.24. The minimum atomic E-state index is -4.50. The van der Waals surface area contributed by atoms with E-state index < -0.39 is 24.8 Å². The van der Waals surface area contributed by atoms with Gasteiger partial charge in [0.25, 0.3) is 0 Å². The van der Waals surface area contributed by atoms with Crippen LogP contribution < -0.4 is 15.8 Å². The number of halogens is 3. The zero-order valence-corrected chi connectivity index (χ0v) is 11.0. The summed E-state index contributed by atoms with van der Waals surface area (Å²) in [4.78, 5) is 11.5. The van der Waals surface area contributed by atoms with Gasteiger partial charge in [-0.15, -0.1) is 0 Å². The molecule has 0 fully saturated rings. The maximum atomic E-state index is 12.2. The summed E-state index contributed by atoms with van der Waals surface area (Å²) in [6, 6.07) is 4.53. The Bertz CT molecular complexity index is 478. The van der Waals surface area contributed by atoms with Crippen molar-refractivity contribution in [3.63, 3.8) is 0 Å². The van der Waals surface area contributed by atoms with Crippen molar-refractivity contribution in [2.45, 2.75) is 19.2 Å². The van der Waals surface area contributed by atoms with Crippen LogP contribution in [0, 0.1) is 0 Å². The van der Waals surface area contributed by atoms with Gasteiger partial charge in [-0.05, 0) is 19.1 Å². The number of nitrogens with one attached hydrogen (secondary N) is 1. The summed E-state index contributed by atoms with van der Waals surface area (Å²) >= 11 is 0. The third-order valence-corrected chi connectivity index (χ3v) is 2.46. The lowest BCUT2D eigenvalue weighted by atomic mass is 10.2. The van der Waals surface area contributed by atoms with Crippen molar-refractivity contribution in [2.75, 3.05) is 24.8 Å². The third kappa shape index (κ3) is 4.61. The number of carbonyl (C=O) groups is 1. The van der Waals surface area contributed by atoms with Crippen LogP contribution in [0.5, 0.6) is 5.75 Å². The third-order valence-electron chi connectivity index (χ3n) is 2.46. The van der Waals surface area contributed by atoms with Gasteiger partial charge < -0.3 is 20.5 Å². The molecule has 0 radical (unpaired) electrons. The van der Waals surface area contributed by atoms with Crippen LogP contribution in [0.25, 0.3) is 0 Å². The number of carbonyl (C=O) groups excluding carboxylic acids is 1. The molecule has 1 amide bonds. The van der Waals surface area contributed by atoms with Crippen molar-refractivity contribution in [1.82, 2.24) is 0 Å². The number of alkyl halides is 3. The Kier molecular flexibility index (Phi) is 5.20. The first-order valence-corrected chi connectivity index (χ1v) is 5.65. The Morgan fingerprint density at radius 3 is 2.60 bits per heavy atom. The van der Waals surface area contributed by atoms with Crippen LogP contribution in [0.2, 0.25) is 0 Å². The summed E-state index contributed by atoms with van der Waals surface area (Å²) in [7, 11) is 1.46. The standard InChI is InChI=1S/C12H15F3N2O3/c1-7(12(13,14)15)20-6-11(18)17-10-4-3-8(19-2)5-9(10)16/h3-5,7H,6,16H2,1-2H3,(H,17,18). The molecule has 112 valence electrons. The molecule has 0 aliphatic heterocycles. The molecule has 0 aliphatic carbocycles. The molecule has 3 N–H and O–H groups in total. The summed E-state index contributed by atoms with van der Waals surface area (Å²) in [6.07, 6.45) is -6.51. The topological polar surface area (TPSA) is 73.6 Å². The minimum absolute atomic E-state index is 0.238. The van der Waals surface area contributed by atoms with E-state index in [0.717, 1.165) is 6.92 Å². The number of benzene rings is 1. The summed E-state index contributed by atoms with van der Waals surface area (Å²) < 4.78 is 45.9. The van der Waals surface area contributed by atoms with Crippen molar-refractivity contribution < 1.29 is 27.4 Å². The number of methoxy groups -OCH3 is 1. The Labute approximate surface area is 113 Å². The van der Waals surface area contributed by atoms with Gasteiger partial charge in [-0.2, -0.15) is 13.2 Å². The largest absolute Gasteiger partial charge is 0.497 e. The number of nitrogens with two attached hydrogens (primary N) is 1. The van der Waals surface area contributed by atoms with Gasteiger partial charge in [0.05, 0.1) is 18.5 Å². The van der Waals surface area contributed by atoms with Gasteiger partial charge in [0.2, 0.25) is 5.91 Å². The number of hydrogen-bond acceptors (Lipinski definition) is 4. The van der Waals surface area contributed by atoms with E-state index in [2.05, 4.69) is 10.1 Å². The van der Waals surface area contributed by atoms with Gasteiger partial charge in [0.1, 0.15) is 12.4 Å². The SMILES string of the molecule is COc1ccc(NC(=O)COC(C)C(F)(F)F)c(N)c1. The fourth-order valence-electron chi connectivity index (χ4n) is 1.26. The van der Waals surface area contributed by atoms with Crippen LogP contribution >= 0.6 is 0 Å². The van der Waals surface area contributed by atoms with Crippen LogP contribution in [0.15, 0.2) is 18.2 Å². The van der Waals surface area contributed by atoms with Gasteiger partial charge in [-0.25, -0.2) is 0 Å². The lowest BCUT2D eigenvalue weighted by molar-refractivity contribution is -0.213. The smallest absolute Gasteiger partial charge is 0.414 e. The normalized spacial score (nSPS) is 12.8. The van der Waals surface area contributed by atoms with E-state index in [0.29, 0.717) is 5.75 Å². The maximum Gasteiger partial charge on any atom is 0.414 e. The van der Waals surface area contributed by atoms with E-state index in [9.17, 15) is 18.0 Å². The van der Waals surface area contributed by atoms with E-state index in [4.69, 9.17) is 10.5 Å². The van der Waals surface area contributed by atoms with Crippen LogP contribution in [-0.4, -0.2) is 31.9 Å². The molecule has 1 atom stereocenters.